The number of rotatable bonds is 7. The number of nitrogens with two attached hydrogens (primary N) is 1. The highest BCUT2D eigenvalue weighted by atomic mass is 16.2. The second-order valence-corrected chi connectivity index (χ2v) is 9.72. The van der Waals surface area contributed by atoms with Crippen molar-refractivity contribution in [1.29, 1.82) is 0 Å². The Hall–Kier alpha value is -3.17. The van der Waals surface area contributed by atoms with Crippen molar-refractivity contribution in [1.82, 2.24) is 14.5 Å². The molecular weight excluding hydrogens is 426 g/mol. The summed E-state index contributed by atoms with van der Waals surface area (Å²) >= 11 is 0. The molecule has 2 aliphatic rings. The number of nitrogen functional groups attached to an aromatic ring is 1. The molecule has 180 valence electrons. The van der Waals surface area contributed by atoms with Gasteiger partial charge in [0.1, 0.15) is 11.9 Å². The van der Waals surface area contributed by atoms with E-state index in [1.807, 2.05) is 39.8 Å². The van der Waals surface area contributed by atoms with Gasteiger partial charge in [-0.3, -0.25) is 33.6 Å². The number of anilines is 2. The van der Waals surface area contributed by atoms with E-state index in [2.05, 4.69) is 4.98 Å². The Morgan fingerprint density at radius 3 is 2.06 bits per heavy atom. The van der Waals surface area contributed by atoms with Crippen LogP contribution in [0.2, 0.25) is 0 Å². The van der Waals surface area contributed by atoms with Crippen molar-refractivity contribution in [3.05, 3.63) is 33.0 Å². The Balaban J connectivity index is 2.03. The normalized spacial score (nSPS) is 21.1. The van der Waals surface area contributed by atoms with Crippen molar-refractivity contribution in [2.45, 2.75) is 60.0 Å². The van der Waals surface area contributed by atoms with Gasteiger partial charge in [0, 0.05) is 13.1 Å². The molecular formula is C23H33N5O5. The van der Waals surface area contributed by atoms with Crippen molar-refractivity contribution < 1.29 is 14.4 Å². The summed E-state index contributed by atoms with van der Waals surface area (Å²) in [5, 5.41) is 0. The van der Waals surface area contributed by atoms with Crippen LogP contribution in [0.4, 0.5) is 11.5 Å². The Labute approximate surface area is 192 Å². The minimum Gasteiger partial charge on any atom is -0.383 e. The minimum atomic E-state index is -1.11. The SMILES string of the molecule is CC(C)CN(C(=O)C(C)N1C(=O)C2CC=CCC2C1=O)c1c(N)n(CC(C)C)c(=O)[nH]c1=O. The summed E-state index contributed by atoms with van der Waals surface area (Å²) in [6.45, 7) is 9.40. The number of aromatic amines is 1. The summed E-state index contributed by atoms with van der Waals surface area (Å²) in [5.41, 5.74) is 4.67. The van der Waals surface area contributed by atoms with E-state index in [4.69, 9.17) is 5.73 Å². The number of hydrogen-bond donors (Lipinski definition) is 2. The molecule has 3 rings (SSSR count). The molecule has 1 aromatic rings. The fraction of sp³-hybridized carbons (Fsp3) is 0.609. The molecule has 33 heavy (non-hydrogen) atoms. The summed E-state index contributed by atoms with van der Waals surface area (Å²) in [6, 6.07) is -1.11. The van der Waals surface area contributed by atoms with Gasteiger partial charge >= 0.3 is 5.69 Å². The van der Waals surface area contributed by atoms with Crippen molar-refractivity contribution in [2.24, 2.45) is 23.7 Å². The fourth-order valence-corrected chi connectivity index (χ4v) is 4.58. The number of fused-ring (bicyclic) bond motifs is 1. The molecule has 3 unspecified atom stereocenters. The van der Waals surface area contributed by atoms with Crippen LogP contribution in [0.5, 0.6) is 0 Å². The van der Waals surface area contributed by atoms with E-state index in [9.17, 15) is 24.0 Å². The van der Waals surface area contributed by atoms with E-state index < -0.39 is 35.0 Å². The predicted octanol–water partition coefficient (Wildman–Crippen LogP) is 1.10. The molecule has 10 heteroatoms. The molecule has 1 saturated heterocycles. The van der Waals surface area contributed by atoms with Gasteiger partial charge in [0.2, 0.25) is 17.7 Å². The number of carbonyl (C=O) groups excluding carboxylic acids is 3. The highest BCUT2D eigenvalue weighted by Crippen LogP contribution is 2.36. The first-order chi connectivity index (χ1) is 15.5. The lowest BCUT2D eigenvalue weighted by atomic mass is 9.85. The summed E-state index contributed by atoms with van der Waals surface area (Å²) in [7, 11) is 0. The van der Waals surface area contributed by atoms with E-state index in [1.54, 1.807) is 0 Å². The molecule has 2 heterocycles. The van der Waals surface area contributed by atoms with E-state index in [0.717, 1.165) is 4.90 Å². The third kappa shape index (κ3) is 4.51. The lowest BCUT2D eigenvalue weighted by Crippen LogP contribution is -2.52. The molecule has 0 spiro atoms. The number of hydrogen-bond acceptors (Lipinski definition) is 6. The zero-order valence-corrected chi connectivity index (χ0v) is 19.8. The number of amides is 3. The van der Waals surface area contributed by atoms with Gasteiger partial charge in [-0.2, -0.15) is 0 Å². The van der Waals surface area contributed by atoms with Crippen LogP contribution in [-0.4, -0.2) is 44.8 Å². The standard InChI is InChI=1S/C23H33N5O5/c1-12(2)10-26(17-18(24)27(11-13(3)4)23(33)25-19(17)29)20(30)14(5)28-21(31)15-8-6-7-9-16(15)22(28)32/h6-7,12-16H,8-11,24H2,1-5H3,(H,25,29,33). The predicted molar refractivity (Wildman–Crippen MR) is 124 cm³/mol. The van der Waals surface area contributed by atoms with E-state index in [-0.39, 0.29) is 48.2 Å². The quantitative estimate of drug-likeness (QED) is 0.462. The molecule has 1 fully saturated rings. The molecule has 1 aromatic heterocycles. The van der Waals surface area contributed by atoms with Gasteiger partial charge in [-0.05, 0) is 31.6 Å². The van der Waals surface area contributed by atoms with Gasteiger partial charge in [0.15, 0.2) is 5.69 Å². The Morgan fingerprint density at radius 2 is 1.58 bits per heavy atom. The first-order valence-electron chi connectivity index (χ1n) is 11.4. The van der Waals surface area contributed by atoms with Gasteiger partial charge in [-0.15, -0.1) is 0 Å². The van der Waals surface area contributed by atoms with Gasteiger partial charge in [0.05, 0.1) is 11.8 Å². The van der Waals surface area contributed by atoms with Crippen LogP contribution in [-0.2, 0) is 20.9 Å². The second-order valence-electron chi connectivity index (χ2n) is 9.72. The molecule has 3 atom stereocenters. The first kappa shape index (κ1) is 24.5. The molecule has 0 bridgehead atoms. The van der Waals surface area contributed by atoms with Crippen LogP contribution in [0, 0.1) is 23.7 Å². The van der Waals surface area contributed by atoms with Crippen molar-refractivity contribution in [3.63, 3.8) is 0 Å². The Bertz CT molecular complexity index is 1070. The molecule has 0 radical (unpaired) electrons. The van der Waals surface area contributed by atoms with Crippen molar-refractivity contribution >= 4 is 29.2 Å². The maximum atomic E-state index is 13.7. The number of carbonyl (C=O) groups is 3. The van der Waals surface area contributed by atoms with Crippen LogP contribution in [0.25, 0.3) is 0 Å². The second kappa shape index (κ2) is 9.36. The summed E-state index contributed by atoms with van der Waals surface area (Å²) in [6.07, 6.45) is 4.70. The monoisotopic (exact) mass is 459 g/mol. The van der Waals surface area contributed by atoms with Crippen LogP contribution < -0.4 is 21.9 Å². The largest absolute Gasteiger partial charge is 0.383 e. The van der Waals surface area contributed by atoms with Crippen molar-refractivity contribution in [2.75, 3.05) is 17.2 Å². The lowest BCUT2D eigenvalue weighted by Gasteiger charge is -2.31. The van der Waals surface area contributed by atoms with Crippen LogP contribution in [0.3, 0.4) is 0 Å². The van der Waals surface area contributed by atoms with E-state index in [1.165, 1.54) is 16.4 Å². The lowest BCUT2D eigenvalue weighted by molar-refractivity contribution is -0.146. The summed E-state index contributed by atoms with van der Waals surface area (Å²) in [5.74, 6) is -2.36. The number of aromatic nitrogens is 2. The Morgan fingerprint density at radius 1 is 1.03 bits per heavy atom. The highest BCUT2D eigenvalue weighted by molar-refractivity contribution is 6.10. The average Bonchev–Trinajstić information content (AvgIpc) is 2.99. The third-order valence-electron chi connectivity index (χ3n) is 6.13. The molecule has 1 aliphatic carbocycles. The van der Waals surface area contributed by atoms with Crippen molar-refractivity contribution in [3.8, 4) is 0 Å². The zero-order chi connectivity index (χ0) is 24.6. The number of imide groups is 1. The first-order valence-corrected chi connectivity index (χ1v) is 11.4. The van der Waals surface area contributed by atoms with Crippen LogP contribution >= 0.6 is 0 Å². The average molecular weight is 460 g/mol. The van der Waals surface area contributed by atoms with E-state index in [0.29, 0.717) is 12.8 Å². The number of H-pyrrole nitrogens is 1. The zero-order valence-electron chi connectivity index (χ0n) is 19.8. The maximum Gasteiger partial charge on any atom is 0.330 e. The van der Waals surface area contributed by atoms with E-state index >= 15 is 0 Å². The molecule has 0 aromatic carbocycles. The van der Waals surface area contributed by atoms with Gasteiger partial charge in [-0.25, -0.2) is 4.79 Å². The molecule has 3 N–H and O–H groups in total. The topological polar surface area (TPSA) is 139 Å². The van der Waals surface area contributed by atoms with Gasteiger partial charge < -0.3 is 10.6 Å². The van der Waals surface area contributed by atoms with Crippen LogP contribution in [0.1, 0.15) is 47.5 Å². The summed E-state index contributed by atoms with van der Waals surface area (Å²) < 4.78 is 1.24. The number of nitrogens with one attached hydrogen (secondary N) is 1. The molecule has 1 aliphatic heterocycles. The molecule has 3 amide bonds. The third-order valence-corrected chi connectivity index (χ3v) is 6.13. The molecule has 0 saturated carbocycles. The minimum absolute atomic E-state index is 0.0535. The number of nitrogens with zero attached hydrogens (tertiary/aromatic N) is 3. The smallest absolute Gasteiger partial charge is 0.330 e. The van der Waals surface area contributed by atoms with Gasteiger partial charge in [-0.1, -0.05) is 39.8 Å². The summed E-state index contributed by atoms with van der Waals surface area (Å²) in [4.78, 5) is 69.3. The van der Waals surface area contributed by atoms with Gasteiger partial charge in [0.25, 0.3) is 5.56 Å². The number of likely N-dealkylation sites (tertiary alicyclic amines) is 1. The highest BCUT2D eigenvalue weighted by Gasteiger charge is 2.50. The Kier molecular flexibility index (Phi) is 6.94. The van der Waals surface area contributed by atoms with Crippen LogP contribution in [0.15, 0.2) is 21.7 Å². The fourth-order valence-electron chi connectivity index (χ4n) is 4.58. The number of allylic oxidation sites excluding steroid dienone is 2. The maximum absolute atomic E-state index is 13.7. The molecule has 10 nitrogen and oxygen atoms in total.